The molecule has 1 aromatic carbocycles. The van der Waals surface area contributed by atoms with Gasteiger partial charge in [-0.3, -0.25) is 9.89 Å². The minimum Gasteiger partial charge on any atom is -0.379 e. The minimum atomic E-state index is -0.170. The average molecular weight is 308 g/mol. The predicted molar refractivity (Wildman–Crippen MR) is 86.6 cm³/mol. The first-order valence-electron chi connectivity index (χ1n) is 7.68. The van der Waals surface area contributed by atoms with E-state index in [0.717, 1.165) is 50.9 Å². The van der Waals surface area contributed by atoms with Crippen LogP contribution in [0.5, 0.6) is 0 Å². The van der Waals surface area contributed by atoms with E-state index in [1.54, 1.807) is 20.0 Å². The molecule has 0 aromatic heterocycles. The van der Waals surface area contributed by atoms with Crippen LogP contribution in [0.4, 0.5) is 4.39 Å². The molecule has 0 bridgehead atoms. The molecule has 2 rings (SSSR count). The van der Waals surface area contributed by atoms with E-state index >= 15 is 0 Å². The zero-order valence-corrected chi connectivity index (χ0v) is 13.4. The quantitative estimate of drug-likeness (QED) is 0.632. The highest BCUT2D eigenvalue weighted by atomic mass is 19.1. The van der Waals surface area contributed by atoms with Crippen LogP contribution in [-0.4, -0.2) is 57.3 Å². The topological polar surface area (TPSA) is 48.9 Å². The molecule has 0 unspecified atom stereocenters. The Balaban J connectivity index is 1.71. The molecule has 6 heteroatoms. The van der Waals surface area contributed by atoms with Crippen molar-refractivity contribution in [3.63, 3.8) is 0 Å². The Bertz CT molecular complexity index is 501. The Labute approximate surface area is 131 Å². The largest absolute Gasteiger partial charge is 0.379 e. The predicted octanol–water partition coefficient (Wildman–Crippen LogP) is 1.13. The molecule has 0 atom stereocenters. The Morgan fingerprint density at radius 3 is 2.77 bits per heavy atom. The maximum absolute atomic E-state index is 13.2. The van der Waals surface area contributed by atoms with Gasteiger partial charge in [-0.05, 0) is 24.1 Å². The van der Waals surface area contributed by atoms with Gasteiger partial charge in [0.25, 0.3) is 0 Å². The number of benzene rings is 1. The zero-order chi connectivity index (χ0) is 15.8. The number of hydrogen-bond donors (Lipinski definition) is 2. The van der Waals surface area contributed by atoms with Crippen molar-refractivity contribution in [3.05, 3.63) is 35.1 Å². The van der Waals surface area contributed by atoms with E-state index in [0.29, 0.717) is 12.1 Å². The van der Waals surface area contributed by atoms with Crippen LogP contribution >= 0.6 is 0 Å². The first-order valence-corrected chi connectivity index (χ1v) is 7.68. The summed E-state index contributed by atoms with van der Waals surface area (Å²) < 4.78 is 18.6. The number of ether oxygens (including phenoxy) is 1. The highest BCUT2D eigenvalue weighted by molar-refractivity contribution is 5.79. The summed E-state index contributed by atoms with van der Waals surface area (Å²) in [4.78, 5) is 6.57. The summed E-state index contributed by atoms with van der Waals surface area (Å²) >= 11 is 0. The van der Waals surface area contributed by atoms with E-state index in [2.05, 4.69) is 20.5 Å². The maximum atomic E-state index is 13.2. The van der Waals surface area contributed by atoms with E-state index in [1.165, 1.54) is 6.07 Å². The lowest BCUT2D eigenvalue weighted by atomic mass is 10.1. The highest BCUT2D eigenvalue weighted by Crippen LogP contribution is 2.08. The Kier molecular flexibility index (Phi) is 6.61. The molecular weight excluding hydrogens is 283 g/mol. The number of morpholine rings is 1. The number of aryl methyl sites for hydroxylation is 1. The maximum Gasteiger partial charge on any atom is 0.191 e. The van der Waals surface area contributed by atoms with Gasteiger partial charge in [0.15, 0.2) is 5.96 Å². The van der Waals surface area contributed by atoms with Gasteiger partial charge in [-0.15, -0.1) is 0 Å². The second kappa shape index (κ2) is 8.70. The van der Waals surface area contributed by atoms with Crippen LogP contribution in [0.2, 0.25) is 0 Å². The summed E-state index contributed by atoms with van der Waals surface area (Å²) in [7, 11) is 1.75. The summed E-state index contributed by atoms with van der Waals surface area (Å²) in [5.41, 5.74) is 1.70. The third kappa shape index (κ3) is 5.27. The van der Waals surface area contributed by atoms with Crippen LogP contribution in [0.1, 0.15) is 11.1 Å². The number of halogens is 1. The van der Waals surface area contributed by atoms with Crippen LogP contribution in [0.25, 0.3) is 0 Å². The van der Waals surface area contributed by atoms with Crippen molar-refractivity contribution in [1.29, 1.82) is 0 Å². The number of nitrogens with one attached hydrogen (secondary N) is 2. The molecule has 0 spiro atoms. The van der Waals surface area contributed by atoms with Crippen LogP contribution in [0.3, 0.4) is 0 Å². The fourth-order valence-corrected chi connectivity index (χ4v) is 2.38. The zero-order valence-electron chi connectivity index (χ0n) is 13.4. The molecule has 0 aliphatic carbocycles. The molecule has 1 fully saturated rings. The van der Waals surface area contributed by atoms with E-state index in [9.17, 15) is 4.39 Å². The molecule has 1 aliphatic rings. The molecule has 0 saturated carbocycles. The third-order valence-electron chi connectivity index (χ3n) is 3.73. The molecule has 0 radical (unpaired) electrons. The molecule has 5 nitrogen and oxygen atoms in total. The second-order valence-electron chi connectivity index (χ2n) is 5.39. The number of hydrogen-bond acceptors (Lipinski definition) is 3. The van der Waals surface area contributed by atoms with E-state index in [1.807, 2.05) is 6.07 Å². The molecule has 1 aromatic rings. The van der Waals surface area contributed by atoms with Gasteiger partial charge >= 0.3 is 0 Å². The second-order valence-corrected chi connectivity index (χ2v) is 5.39. The normalized spacial score (nSPS) is 16.6. The van der Waals surface area contributed by atoms with Crippen LogP contribution < -0.4 is 10.6 Å². The number of guanidine groups is 1. The molecular formula is C16H25FN4O. The first kappa shape index (κ1) is 16.7. The molecule has 1 aliphatic heterocycles. The summed E-state index contributed by atoms with van der Waals surface area (Å²) in [6.07, 6.45) is 0. The molecule has 2 N–H and O–H groups in total. The third-order valence-corrected chi connectivity index (χ3v) is 3.73. The standard InChI is InChI=1S/C16H25FN4O/c1-13-11-14(3-4-15(13)17)12-20-16(18-2)19-5-6-21-7-9-22-10-8-21/h3-4,11H,5-10,12H2,1-2H3,(H2,18,19,20). The van der Waals surface area contributed by atoms with Crippen molar-refractivity contribution in [2.24, 2.45) is 4.99 Å². The van der Waals surface area contributed by atoms with Crippen molar-refractivity contribution in [1.82, 2.24) is 15.5 Å². The Hall–Kier alpha value is -1.66. The van der Waals surface area contributed by atoms with Gasteiger partial charge in [0.2, 0.25) is 0 Å². The lowest BCUT2D eigenvalue weighted by molar-refractivity contribution is 0.0389. The monoisotopic (exact) mass is 308 g/mol. The van der Waals surface area contributed by atoms with Crippen molar-refractivity contribution in [2.45, 2.75) is 13.5 Å². The minimum absolute atomic E-state index is 0.170. The van der Waals surface area contributed by atoms with Gasteiger partial charge in [-0.25, -0.2) is 4.39 Å². The van der Waals surface area contributed by atoms with Gasteiger partial charge in [-0.1, -0.05) is 12.1 Å². The van der Waals surface area contributed by atoms with Crippen LogP contribution in [0.15, 0.2) is 23.2 Å². The summed E-state index contributed by atoms with van der Waals surface area (Å²) in [6.45, 7) is 7.81. The average Bonchev–Trinajstić information content (AvgIpc) is 2.55. The first-order chi connectivity index (χ1) is 10.7. The van der Waals surface area contributed by atoms with Gasteiger partial charge in [0.1, 0.15) is 5.82 Å². The lowest BCUT2D eigenvalue weighted by Crippen LogP contribution is -2.44. The van der Waals surface area contributed by atoms with Gasteiger partial charge in [-0.2, -0.15) is 0 Å². The van der Waals surface area contributed by atoms with E-state index in [4.69, 9.17) is 4.74 Å². The summed E-state index contributed by atoms with van der Waals surface area (Å²) in [6, 6.07) is 5.14. The molecule has 1 heterocycles. The number of aliphatic imine (C=N–C) groups is 1. The molecule has 122 valence electrons. The summed E-state index contributed by atoms with van der Waals surface area (Å²) in [5.74, 6) is 0.590. The number of rotatable bonds is 5. The van der Waals surface area contributed by atoms with Gasteiger partial charge < -0.3 is 15.4 Å². The van der Waals surface area contributed by atoms with Crippen molar-refractivity contribution in [2.75, 3.05) is 46.4 Å². The smallest absolute Gasteiger partial charge is 0.191 e. The molecule has 0 amide bonds. The van der Waals surface area contributed by atoms with Crippen LogP contribution in [-0.2, 0) is 11.3 Å². The van der Waals surface area contributed by atoms with Crippen molar-refractivity contribution >= 4 is 5.96 Å². The lowest BCUT2D eigenvalue weighted by Gasteiger charge is -2.26. The SMILES string of the molecule is CN=C(NCCN1CCOCC1)NCc1ccc(F)c(C)c1. The van der Waals surface area contributed by atoms with Crippen molar-refractivity contribution < 1.29 is 9.13 Å². The fraction of sp³-hybridized carbons (Fsp3) is 0.562. The highest BCUT2D eigenvalue weighted by Gasteiger charge is 2.09. The van der Waals surface area contributed by atoms with Crippen LogP contribution in [0, 0.1) is 12.7 Å². The van der Waals surface area contributed by atoms with E-state index in [-0.39, 0.29) is 5.82 Å². The van der Waals surface area contributed by atoms with Crippen molar-refractivity contribution in [3.8, 4) is 0 Å². The van der Waals surface area contributed by atoms with Gasteiger partial charge in [0, 0.05) is 39.8 Å². The molecule has 22 heavy (non-hydrogen) atoms. The van der Waals surface area contributed by atoms with E-state index < -0.39 is 0 Å². The molecule has 1 saturated heterocycles. The summed E-state index contributed by atoms with van der Waals surface area (Å²) in [5, 5.41) is 6.54. The van der Waals surface area contributed by atoms with Gasteiger partial charge in [0.05, 0.1) is 13.2 Å². The number of nitrogens with zero attached hydrogens (tertiary/aromatic N) is 2. The Morgan fingerprint density at radius 1 is 1.32 bits per heavy atom. The fourth-order valence-electron chi connectivity index (χ4n) is 2.38. The Morgan fingerprint density at radius 2 is 2.09 bits per heavy atom.